The standard InChI is InChI=1S/C26H32N4O4S/c27-24(20-8-3-1-4-9-20)26(32)29-15-7-12-22(29)25(31)30-17-14-19-13-16-28(18-23(19)30)35(33,34)21-10-5-2-6-11-21/h1-6,8-11,19,22-24H,7,12-18,27H2/t19?,22-,23?,24+/m1/s1. The lowest BCUT2D eigenvalue weighted by molar-refractivity contribution is -0.145. The van der Waals surface area contributed by atoms with E-state index in [-0.39, 0.29) is 35.2 Å². The van der Waals surface area contributed by atoms with Crippen LogP contribution in [0.1, 0.15) is 37.3 Å². The smallest absolute Gasteiger partial charge is 0.245 e. The van der Waals surface area contributed by atoms with Crippen molar-refractivity contribution in [3.8, 4) is 0 Å². The van der Waals surface area contributed by atoms with Gasteiger partial charge in [0.2, 0.25) is 21.8 Å². The molecule has 2 unspecified atom stereocenters. The van der Waals surface area contributed by atoms with E-state index in [1.807, 2.05) is 35.2 Å². The Hall–Kier alpha value is -2.75. The minimum Gasteiger partial charge on any atom is -0.336 e. The number of sulfonamides is 1. The molecule has 3 heterocycles. The lowest BCUT2D eigenvalue weighted by Gasteiger charge is -2.39. The van der Waals surface area contributed by atoms with Gasteiger partial charge in [-0.15, -0.1) is 0 Å². The zero-order valence-electron chi connectivity index (χ0n) is 19.7. The van der Waals surface area contributed by atoms with Crippen molar-refractivity contribution < 1.29 is 18.0 Å². The van der Waals surface area contributed by atoms with Crippen molar-refractivity contribution in [3.63, 3.8) is 0 Å². The number of piperidine rings is 1. The minimum absolute atomic E-state index is 0.0810. The summed E-state index contributed by atoms with van der Waals surface area (Å²) in [6, 6.07) is 16.1. The number of rotatable bonds is 5. The lowest BCUT2D eigenvalue weighted by Crippen LogP contribution is -2.55. The van der Waals surface area contributed by atoms with Gasteiger partial charge in [-0.05, 0) is 49.3 Å². The van der Waals surface area contributed by atoms with Gasteiger partial charge >= 0.3 is 0 Å². The number of carbonyl (C=O) groups is 2. The van der Waals surface area contributed by atoms with E-state index in [1.165, 1.54) is 4.31 Å². The predicted octanol–water partition coefficient (Wildman–Crippen LogP) is 1.99. The van der Waals surface area contributed by atoms with Gasteiger partial charge < -0.3 is 15.5 Å². The molecule has 3 aliphatic heterocycles. The van der Waals surface area contributed by atoms with Crippen molar-refractivity contribution >= 4 is 21.8 Å². The molecule has 0 radical (unpaired) electrons. The molecule has 5 rings (SSSR count). The average Bonchev–Trinajstić information content (AvgIpc) is 3.56. The van der Waals surface area contributed by atoms with Gasteiger partial charge in [0.05, 0.1) is 4.90 Å². The van der Waals surface area contributed by atoms with Crippen LogP contribution in [0.15, 0.2) is 65.6 Å². The van der Waals surface area contributed by atoms with Crippen molar-refractivity contribution in [3.05, 3.63) is 66.2 Å². The third-order valence-electron chi connectivity index (χ3n) is 7.74. The molecule has 4 atom stereocenters. The van der Waals surface area contributed by atoms with Crippen LogP contribution in [0, 0.1) is 5.92 Å². The molecule has 0 aromatic heterocycles. The van der Waals surface area contributed by atoms with E-state index in [2.05, 4.69) is 0 Å². The van der Waals surface area contributed by atoms with Crippen LogP contribution in [-0.2, 0) is 19.6 Å². The van der Waals surface area contributed by atoms with Gasteiger partial charge in [0.25, 0.3) is 0 Å². The van der Waals surface area contributed by atoms with Crippen LogP contribution in [-0.4, -0.2) is 72.6 Å². The normalized spacial score (nSPS) is 25.9. The number of likely N-dealkylation sites (tertiary alicyclic amines) is 2. The quantitative estimate of drug-likeness (QED) is 0.682. The Morgan fingerprint density at radius 2 is 1.51 bits per heavy atom. The number of hydrogen-bond acceptors (Lipinski definition) is 5. The molecule has 8 nitrogen and oxygen atoms in total. The van der Waals surface area contributed by atoms with E-state index < -0.39 is 22.1 Å². The van der Waals surface area contributed by atoms with Crippen LogP contribution < -0.4 is 5.73 Å². The van der Waals surface area contributed by atoms with E-state index in [4.69, 9.17) is 5.73 Å². The minimum atomic E-state index is -3.62. The number of carbonyl (C=O) groups excluding carboxylic acids is 2. The molecule has 2 aromatic carbocycles. The molecule has 186 valence electrons. The van der Waals surface area contributed by atoms with Crippen LogP contribution in [0.5, 0.6) is 0 Å². The van der Waals surface area contributed by atoms with E-state index in [9.17, 15) is 18.0 Å². The first-order valence-electron chi connectivity index (χ1n) is 12.3. The molecule has 2 aromatic rings. The zero-order chi connectivity index (χ0) is 24.6. The van der Waals surface area contributed by atoms with Gasteiger partial charge in [-0.1, -0.05) is 48.5 Å². The number of benzene rings is 2. The van der Waals surface area contributed by atoms with Gasteiger partial charge in [0.1, 0.15) is 12.1 Å². The Balaban J connectivity index is 1.31. The molecule has 3 fully saturated rings. The molecule has 3 aliphatic rings. The maximum Gasteiger partial charge on any atom is 0.245 e. The zero-order valence-corrected chi connectivity index (χ0v) is 20.5. The number of hydrogen-bond donors (Lipinski definition) is 1. The van der Waals surface area contributed by atoms with Crippen molar-refractivity contribution in [1.29, 1.82) is 0 Å². The topological polar surface area (TPSA) is 104 Å². The summed E-state index contributed by atoms with van der Waals surface area (Å²) in [6.07, 6.45) is 2.94. The molecular formula is C26H32N4O4S. The Kier molecular flexibility index (Phi) is 6.65. The first-order chi connectivity index (χ1) is 16.9. The lowest BCUT2D eigenvalue weighted by atomic mass is 9.93. The van der Waals surface area contributed by atoms with Crippen LogP contribution >= 0.6 is 0 Å². The summed E-state index contributed by atoms with van der Waals surface area (Å²) in [7, 11) is -3.62. The van der Waals surface area contributed by atoms with Crippen molar-refractivity contribution in [1.82, 2.24) is 14.1 Å². The van der Waals surface area contributed by atoms with Gasteiger partial charge in [-0.2, -0.15) is 4.31 Å². The van der Waals surface area contributed by atoms with Crippen molar-refractivity contribution in [2.24, 2.45) is 11.7 Å². The third-order valence-corrected chi connectivity index (χ3v) is 9.61. The highest BCUT2D eigenvalue weighted by Crippen LogP contribution is 2.35. The Labute approximate surface area is 206 Å². The van der Waals surface area contributed by atoms with Crippen LogP contribution in [0.25, 0.3) is 0 Å². The van der Waals surface area contributed by atoms with E-state index >= 15 is 0 Å². The number of fused-ring (bicyclic) bond motifs is 1. The summed E-state index contributed by atoms with van der Waals surface area (Å²) in [4.78, 5) is 30.7. The highest BCUT2D eigenvalue weighted by molar-refractivity contribution is 7.89. The van der Waals surface area contributed by atoms with Gasteiger partial charge in [-0.25, -0.2) is 8.42 Å². The summed E-state index contributed by atoms with van der Waals surface area (Å²) in [5, 5.41) is 0. The maximum atomic E-state index is 13.7. The van der Waals surface area contributed by atoms with Gasteiger partial charge in [0.15, 0.2) is 0 Å². The largest absolute Gasteiger partial charge is 0.336 e. The summed E-state index contributed by atoms with van der Waals surface area (Å²) >= 11 is 0. The monoisotopic (exact) mass is 496 g/mol. The van der Waals surface area contributed by atoms with E-state index in [1.54, 1.807) is 35.2 Å². The molecule has 0 bridgehead atoms. The van der Waals surface area contributed by atoms with Crippen LogP contribution in [0.2, 0.25) is 0 Å². The van der Waals surface area contributed by atoms with Gasteiger partial charge in [-0.3, -0.25) is 9.59 Å². The summed E-state index contributed by atoms with van der Waals surface area (Å²) in [5.74, 6) is -0.0411. The van der Waals surface area contributed by atoms with Crippen LogP contribution in [0.3, 0.4) is 0 Å². The first-order valence-corrected chi connectivity index (χ1v) is 13.8. The second-order valence-electron chi connectivity index (χ2n) is 9.69. The summed E-state index contributed by atoms with van der Waals surface area (Å²) in [5.41, 5.74) is 7.00. The summed E-state index contributed by atoms with van der Waals surface area (Å²) in [6.45, 7) is 1.85. The SMILES string of the molecule is N[C@H](C(=O)N1CCC[C@@H]1C(=O)N1CCC2CCN(S(=O)(=O)c3ccccc3)CC21)c1ccccc1. The molecule has 2 N–H and O–H groups in total. The molecule has 0 saturated carbocycles. The maximum absolute atomic E-state index is 13.7. The Bertz CT molecular complexity index is 1170. The molecular weight excluding hydrogens is 464 g/mol. The fraction of sp³-hybridized carbons (Fsp3) is 0.462. The fourth-order valence-electron chi connectivity index (χ4n) is 5.81. The molecule has 2 amide bonds. The second kappa shape index (κ2) is 9.72. The molecule has 0 aliphatic carbocycles. The molecule has 3 saturated heterocycles. The van der Waals surface area contributed by atoms with Gasteiger partial charge in [0, 0.05) is 32.2 Å². The third kappa shape index (κ3) is 4.48. The molecule has 0 spiro atoms. The van der Waals surface area contributed by atoms with Crippen molar-refractivity contribution in [2.75, 3.05) is 26.2 Å². The molecule has 9 heteroatoms. The number of nitrogens with zero attached hydrogens (tertiary/aromatic N) is 3. The van der Waals surface area contributed by atoms with E-state index in [0.717, 1.165) is 24.8 Å². The first kappa shape index (κ1) is 24.0. The number of amides is 2. The number of nitrogens with two attached hydrogens (primary N) is 1. The Morgan fingerprint density at radius 1 is 0.857 bits per heavy atom. The highest BCUT2D eigenvalue weighted by atomic mass is 32.2. The fourth-order valence-corrected chi connectivity index (χ4v) is 7.30. The Morgan fingerprint density at radius 3 is 2.23 bits per heavy atom. The average molecular weight is 497 g/mol. The summed E-state index contributed by atoms with van der Waals surface area (Å²) < 4.78 is 27.9. The second-order valence-corrected chi connectivity index (χ2v) is 11.6. The molecule has 35 heavy (non-hydrogen) atoms. The van der Waals surface area contributed by atoms with Crippen molar-refractivity contribution in [2.45, 2.75) is 48.7 Å². The predicted molar refractivity (Wildman–Crippen MR) is 132 cm³/mol. The van der Waals surface area contributed by atoms with Crippen LogP contribution in [0.4, 0.5) is 0 Å². The highest BCUT2D eigenvalue weighted by Gasteiger charge is 2.47. The van der Waals surface area contributed by atoms with E-state index in [0.29, 0.717) is 26.1 Å².